The summed E-state index contributed by atoms with van der Waals surface area (Å²) in [6, 6.07) is 3.66. The Morgan fingerprint density at radius 1 is 1.33 bits per heavy atom. The number of aryl methyl sites for hydroxylation is 1. The Balaban J connectivity index is 1.41. The van der Waals surface area contributed by atoms with E-state index in [-0.39, 0.29) is 11.8 Å². The lowest BCUT2D eigenvalue weighted by Gasteiger charge is -2.34. The summed E-state index contributed by atoms with van der Waals surface area (Å²) >= 11 is 1.60. The molecule has 0 aromatic carbocycles. The molecular formula is C16H20N4O3S. The summed E-state index contributed by atoms with van der Waals surface area (Å²) in [5.41, 5.74) is 1.06. The molecular weight excluding hydrogens is 328 g/mol. The van der Waals surface area contributed by atoms with Crippen LogP contribution in [-0.4, -0.2) is 59.5 Å². The molecule has 128 valence electrons. The number of carbonyl (C=O) groups excluding carboxylic acids is 2. The zero-order chi connectivity index (χ0) is 16.9. The van der Waals surface area contributed by atoms with Crippen molar-refractivity contribution in [3.63, 3.8) is 0 Å². The first-order valence-electron chi connectivity index (χ1n) is 7.84. The number of aromatic nitrogens is 1. The molecule has 1 saturated heterocycles. The van der Waals surface area contributed by atoms with E-state index < -0.39 is 0 Å². The van der Waals surface area contributed by atoms with E-state index in [0.29, 0.717) is 50.7 Å². The van der Waals surface area contributed by atoms with Gasteiger partial charge >= 0.3 is 0 Å². The molecule has 2 amide bonds. The first-order chi connectivity index (χ1) is 11.6. The summed E-state index contributed by atoms with van der Waals surface area (Å²) in [6.07, 6.45) is 0.454. The molecule has 1 aliphatic heterocycles. The van der Waals surface area contributed by atoms with Gasteiger partial charge in [0.1, 0.15) is 5.76 Å². The molecule has 1 fully saturated rings. The fourth-order valence-electron chi connectivity index (χ4n) is 2.65. The summed E-state index contributed by atoms with van der Waals surface area (Å²) in [5.74, 6) is 1.11. The second-order valence-electron chi connectivity index (χ2n) is 5.84. The Hall–Kier alpha value is -2.19. The number of hydrogen-bond acceptors (Lipinski definition) is 6. The minimum Gasteiger partial charge on any atom is -0.360 e. The van der Waals surface area contributed by atoms with Crippen molar-refractivity contribution in [2.45, 2.75) is 13.3 Å². The zero-order valence-electron chi connectivity index (χ0n) is 13.5. The number of rotatable bonds is 5. The van der Waals surface area contributed by atoms with Gasteiger partial charge < -0.3 is 14.7 Å². The van der Waals surface area contributed by atoms with E-state index in [9.17, 15) is 9.59 Å². The molecule has 1 N–H and O–H groups in total. The Morgan fingerprint density at radius 2 is 2.12 bits per heavy atom. The third-order valence-electron chi connectivity index (χ3n) is 3.92. The molecule has 2 aromatic heterocycles. The van der Waals surface area contributed by atoms with Crippen LogP contribution in [-0.2, 0) is 16.0 Å². The molecule has 3 heterocycles. The highest BCUT2D eigenvalue weighted by Crippen LogP contribution is 2.11. The van der Waals surface area contributed by atoms with E-state index in [2.05, 4.69) is 10.5 Å². The van der Waals surface area contributed by atoms with Crippen molar-refractivity contribution in [3.05, 3.63) is 34.2 Å². The zero-order valence-corrected chi connectivity index (χ0v) is 14.3. The maximum atomic E-state index is 12.3. The number of anilines is 1. The largest absolute Gasteiger partial charge is 0.360 e. The van der Waals surface area contributed by atoms with Crippen LogP contribution < -0.4 is 5.32 Å². The summed E-state index contributed by atoms with van der Waals surface area (Å²) in [4.78, 5) is 28.2. The van der Waals surface area contributed by atoms with E-state index >= 15 is 0 Å². The van der Waals surface area contributed by atoms with Crippen LogP contribution in [0.4, 0.5) is 5.82 Å². The quantitative estimate of drug-likeness (QED) is 0.883. The lowest BCUT2D eigenvalue weighted by Crippen LogP contribution is -2.50. The number of nitrogens with zero attached hydrogens (tertiary/aromatic N) is 3. The molecule has 0 aliphatic carbocycles. The number of carbonyl (C=O) groups is 2. The van der Waals surface area contributed by atoms with E-state index in [1.807, 2.05) is 26.6 Å². The van der Waals surface area contributed by atoms with Crippen molar-refractivity contribution in [1.29, 1.82) is 0 Å². The first kappa shape index (κ1) is 16.7. The summed E-state index contributed by atoms with van der Waals surface area (Å²) in [5, 5.41) is 10.4. The predicted octanol–water partition coefficient (Wildman–Crippen LogP) is 1.37. The first-order valence-corrected chi connectivity index (χ1v) is 8.79. The van der Waals surface area contributed by atoms with Crippen LogP contribution in [0.1, 0.15) is 11.3 Å². The van der Waals surface area contributed by atoms with E-state index in [1.54, 1.807) is 24.3 Å². The van der Waals surface area contributed by atoms with Crippen molar-refractivity contribution in [2.24, 2.45) is 0 Å². The number of thiophene rings is 1. The number of nitrogens with one attached hydrogen (secondary N) is 1. The van der Waals surface area contributed by atoms with Crippen LogP contribution in [0.3, 0.4) is 0 Å². The molecule has 3 rings (SSSR count). The molecule has 0 spiro atoms. The van der Waals surface area contributed by atoms with Gasteiger partial charge in [-0.2, -0.15) is 11.3 Å². The smallest absolute Gasteiger partial charge is 0.239 e. The van der Waals surface area contributed by atoms with Gasteiger partial charge in [-0.25, -0.2) is 0 Å². The second-order valence-corrected chi connectivity index (χ2v) is 6.62. The molecule has 0 radical (unpaired) electrons. The van der Waals surface area contributed by atoms with E-state index in [0.717, 1.165) is 5.56 Å². The van der Waals surface area contributed by atoms with Gasteiger partial charge in [0.05, 0.1) is 13.0 Å². The molecule has 8 heteroatoms. The maximum absolute atomic E-state index is 12.3. The van der Waals surface area contributed by atoms with Gasteiger partial charge in [-0.3, -0.25) is 14.5 Å². The minimum absolute atomic E-state index is 0.124. The highest BCUT2D eigenvalue weighted by atomic mass is 32.1. The third-order valence-corrected chi connectivity index (χ3v) is 4.66. The van der Waals surface area contributed by atoms with Gasteiger partial charge in [0.15, 0.2) is 5.82 Å². The fraction of sp³-hybridized carbons (Fsp3) is 0.438. The highest BCUT2D eigenvalue weighted by Gasteiger charge is 2.22. The van der Waals surface area contributed by atoms with Crippen LogP contribution in [0.15, 0.2) is 27.4 Å². The van der Waals surface area contributed by atoms with E-state index in [4.69, 9.17) is 4.52 Å². The Labute approximate surface area is 144 Å². The number of piperazine rings is 1. The van der Waals surface area contributed by atoms with Crippen LogP contribution in [0.5, 0.6) is 0 Å². The third kappa shape index (κ3) is 4.42. The SMILES string of the molecule is Cc1cc(NC(=O)CN2CCN(C(=O)Cc3ccsc3)CC2)no1. The average molecular weight is 348 g/mol. The fourth-order valence-corrected chi connectivity index (χ4v) is 3.31. The molecule has 0 unspecified atom stereocenters. The Bertz CT molecular complexity index is 690. The number of amides is 2. The van der Waals surface area contributed by atoms with Gasteiger partial charge in [0, 0.05) is 32.2 Å². The van der Waals surface area contributed by atoms with Crippen molar-refractivity contribution >= 4 is 29.0 Å². The average Bonchev–Trinajstić information content (AvgIpc) is 3.20. The molecule has 1 aliphatic rings. The van der Waals surface area contributed by atoms with E-state index in [1.165, 1.54) is 0 Å². The minimum atomic E-state index is -0.124. The highest BCUT2D eigenvalue weighted by molar-refractivity contribution is 7.08. The Kier molecular flexibility index (Phi) is 5.27. The molecule has 0 atom stereocenters. The summed E-state index contributed by atoms with van der Waals surface area (Å²) < 4.78 is 4.92. The monoisotopic (exact) mass is 348 g/mol. The standard InChI is InChI=1S/C16H20N4O3S/c1-12-8-14(18-23-12)17-15(21)10-19-3-5-20(6-4-19)16(22)9-13-2-7-24-11-13/h2,7-8,11H,3-6,9-10H2,1H3,(H,17,18,21). The molecule has 0 bridgehead atoms. The summed E-state index contributed by atoms with van der Waals surface area (Å²) in [6.45, 7) is 4.76. The van der Waals surface area contributed by atoms with Crippen molar-refractivity contribution in [2.75, 3.05) is 38.0 Å². The van der Waals surface area contributed by atoms with Crippen LogP contribution in [0.25, 0.3) is 0 Å². The maximum Gasteiger partial charge on any atom is 0.239 e. The Morgan fingerprint density at radius 3 is 2.75 bits per heavy atom. The van der Waals surface area contributed by atoms with Crippen LogP contribution >= 0.6 is 11.3 Å². The van der Waals surface area contributed by atoms with Crippen molar-refractivity contribution < 1.29 is 14.1 Å². The molecule has 2 aromatic rings. The topological polar surface area (TPSA) is 78.7 Å². The van der Waals surface area contributed by atoms with Crippen molar-refractivity contribution in [3.8, 4) is 0 Å². The van der Waals surface area contributed by atoms with Gasteiger partial charge in [-0.1, -0.05) is 5.16 Å². The molecule has 7 nitrogen and oxygen atoms in total. The van der Waals surface area contributed by atoms with Gasteiger partial charge in [-0.05, 0) is 29.3 Å². The summed E-state index contributed by atoms with van der Waals surface area (Å²) in [7, 11) is 0. The predicted molar refractivity (Wildman–Crippen MR) is 90.9 cm³/mol. The van der Waals surface area contributed by atoms with Gasteiger partial charge in [0.25, 0.3) is 0 Å². The normalized spacial score (nSPS) is 15.5. The van der Waals surface area contributed by atoms with Gasteiger partial charge in [0.2, 0.25) is 11.8 Å². The van der Waals surface area contributed by atoms with Gasteiger partial charge in [-0.15, -0.1) is 0 Å². The van der Waals surface area contributed by atoms with Crippen molar-refractivity contribution in [1.82, 2.24) is 15.0 Å². The van der Waals surface area contributed by atoms with Crippen LogP contribution in [0, 0.1) is 6.92 Å². The lowest BCUT2D eigenvalue weighted by molar-refractivity contribution is -0.132. The lowest BCUT2D eigenvalue weighted by atomic mass is 10.2. The number of hydrogen-bond donors (Lipinski definition) is 1. The molecule has 0 saturated carbocycles. The molecule has 24 heavy (non-hydrogen) atoms. The second kappa shape index (κ2) is 7.59. The van der Waals surface area contributed by atoms with Crippen LogP contribution in [0.2, 0.25) is 0 Å².